The fourth-order valence-corrected chi connectivity index (χ4v) is 3.00. The molecule has 3 rings (SSSR count). The number of hydrogen-bond donors (Lipinski definition) is 0. The summed E-state index contributed by atoms with van der Waals surface area (Å²) in [6, 6.07) is 0.169. The van der Waals surface area contributed by atoms with Crippen LogP contribution >= 0.6 is 23.2 Å². The summed E-state index contributed by atoms with van der Waals surface area (Å²) in [6.45, 7) is 3.08. The number of nitrogens with zero attached hydrogens (tertiary/aromatic N) is 5. The van der Waals surface area contributed by atoms with E-state index in [1.165, 1.54) is 6.20 Å². The van der Waals surface area contributed by atoms with E-state index < -0.39 is 0 Å². The van der Waals surface area contributed by atoms with Gasteiger partial charge in [-0.05, 0) is 24.4 Å². The van der Waals surface area contributed by atoms with Gasteiger partial charge < -0.3 is 4.90 Å². The molecule has 3 heterocycles. The molecule has 0 aromatic carbocycles. The van der Waals surface area contributed by atoms with Crippen LogP contribution in [0.4, 0.5) is 0 Å². The highest BCUT2D eigenvalue weighted by molar-refractivity contribution is 6.33. The van der Waals surface area contributed by atoms with Gasteiger partial charge in [0, 0.05) is 31.8 Å². The summed E-state index contributed by atoms with van der Waals surface area (Å²) in [5.74, 6) is 0.0997. The Bertz CT molecular complexity index is 702. The Balaban J connectivity index is 1.84. The van der Waals surface area contributed by atoms with Crippen LogP contribution in [0.2, 0.25) is 10.3 Å². The number of rotatable bonds is 2. The van der Waals surface area contributed by atoms with E-state index in [2.05, 4.69) is 15.1 Å². The van der Waals surface area contributed by atoms with Crippen LogP contribution in [0.1, 0.15) is 25.8 Å². The van der Waals surface area contributed by atoms with Crippen molar-refractivity contribution in [2.24, 2.45) is 0 Å². The summed E-state index contributed by atoms with van der Waals surface area (Å²) in [6.07, 6.45) is 7.03. The Kier molecular flexibility index (Phi) is 4.31. The van der Waals surface area contributed by atoms with Crippen molar-refractivity contribution in [3.8, 4) is 11.3 Å². The van der Waals surface area contributed by atoms with Gasteiger partial charge in [-0.3, -0.25) is 9.48 Å². The minimum atomic E-state index is 0.0997. The molecule has 0 aliphatic carbocycles. The van der Waals surface area contributed by atoms with Gasteiger partial charge >= 0.3 is 0 Å². The molecule has 0 bridgehead atoms. The van der Waals surface area contributed by atoms with Crippen molar-refractivity contribution in [2.75, 3.05) is 13.1 Å². The van der Waals surface area contributed by atoms with Crippen LogP contribution in [0, 0.1) is 0 Å². The van der Waals surface area contributed by atoms with Gasteiger partial charge in [-0.2, -0.15) is 5.10 Å². The monoisotopic (exact) mass is 339 g/mol. The fraction of sp³-hybridized carbons (Fsp3) is 0.429. The number of halogens is 2. The molecule has 1 fully saturated rings. The summed E-state index contributed by atoms with van der Waals surface area (Å²) in [5.41, 5.74) is 1.35. The van der Waals surface area contributed by atoms with Crippen molar-refractivity contribution in [3.05, 3.63) is 28.9 Å². The number of amides is 1. The lowest BCUT2D eigenvalue weighted by molar-refractivity contribution is -0.130. The second-order valence-corrected chi connectivity index (χ2v) is 6.05. The van der Waals surface area contributed by atoms with Gasteiger partial charge in [0.05, 0.1) is 29.2 Å². The Morgan fingerprint density at radius 2 is 2.18 bits per heavy atom. The largest absolute Gasteiger partial charge is 0.341 e. The Morgan fingerprint density at radius 3 is 2.95 bits per heavy atom. The van der Waals surface area contributed by atoms with Crippen LogP contribution < -0.4 is 0 Å². The first-order valence-electron chi connectivity index (χ1n) is 7.02. The van der Waals surface area contributed by atoms with E-state index in [9.17, 15) is 4.79 Å². The normalized spacial score (nSPS) is 18.5. The zero-order chi connectivity index (χ0) is 15.7. The van der Waals surface area contributed by atoms with Crippen LogP contribution in [0.25, 0.3) is 11.3 Å². The highest BCUT2D eigenvalue weighted by Crippen LogP contribution is 2.28. The second kappa shape index (κ2) is 6.22. The van der Waals surface area contributed by atoms with Crippen molar-refractivity contribution in [2.45, 2.75) is 25.8 Å². The Hall–Kier alpha value is -1.66. The van der Waals surface area contributed by atoms with Gasteiger partial charge in [0.2, 0.25) is 11.2 Å². The molecule has 1 saturated heterocycles. The van der Waals surface area contributed by atoms with Crippen molar-refractivity contribution in [1.82, 2.24) is 24.6 Å². The number of hydrogen-bond acceptors (Lipinski definition) is 4. The molecule has 116 valence electrons. The number of carbonyl (C=O) groups is 1. The van der Waals surface area contributed by atoms with Crippen LogP contribution in [0.5, 0.6) is 0 Å². The topological polar surface area (TPSA) is 63.9 Å². The van der Waals surface area contributed by atoms with E-state index in [0.717, 1.165) is 24.9 Å². The number of piperidine rings is 1. The molecule has 1 unspecified atom stereocenters. The Morgan fingerprint density at radius 1 is 1.36 bits per heavy atom. The third-order valence-electron chi connectivity index (χ3n) is 3.81. The zero-order valence-corrected chi connectivity index (χ0v) is 13.5. The molecule has 1 amide bonds. The summed E-state index contributed by atoms with van der Waals surface area (Å²) in [4.78, 5) is 21.4. The summed E-state index contributed by atoms with van der Waals surface area (Å²) in [7, 11) is 0. The summed E-state index contributed by atoms with van der Waals surface area (Å²) >= 11 is 11.9. The maximum atomic E-state index is 11.5. The molecule has 8 heteroatoms. The van der Waals surface area contributed by atoms with Crippen molar-refractivity contribution in [3.63, 3.8) is 0 Å². The van der Waals surface area contributed by atoms with Crippen molar-refractivity contribution < 1.29 is 4.79 Å². The fourth-order valence-electron chi connectivity index (χ4n) is 2.66. The lowest BCUT2D eigenvalue weighted by Crippen LogP contribution is -2.39. The molecule has 6 nitrogen and oxygen atoms in total. The molecule has 2 aromatic heterocycles. The lowest BCUT2D eigenvalue weighted by atomic mass is 10.1. The predicted octanol–water partition coefficient (Wildman–Crippen LogP) is 2.83. The van der Waals surface area contributed by atoms with Crippen molar-refractivity contribution in [1.29, 1.82) is 0 Å². The number of carbonyl (C=O) groups excluding carboxylic acids is 1. The summed E-state index contributed by atoms with van der Waals surface area (Å²) in [5, 5.41) is 4.97. The number of likely N-dealkylation sites (tertiary alicyclic amines) is 1. The van der Waals surface area contributed by atoms with E-state index in [-0.39, 0.29) is 17.2 Å². The minimum Gasteiger partial charge on any atom is -0.341 e. The van der Waals surface area contributed by atoms with Gasteiger partial charge in [0.15, 0.2) is 0 Å². The quantitative estimate of drug-likeness (QED) is 0.789. The average molecular weight is 340 g/mol. The van der Waals surface area contributed by atoms with Crippen LogP contribution in [0.3, 0.4) is 0 Å². The Labute approximate surface area is 138 Å². The molecule has 0 N–H and O–H groups in total. The average Bonchev–Trinajstić information content (AvgIpc) is 2.99. The first-order chi connectivity index (χ1) is 10.5. The highest BCUT2D eigenvalue weighted by Gasteiger charge is 2.23. The molecular weight excluding hydrogens is 325 g/mol. The molecule has 0 radical (unpaired) electrons. The third kappa shape index (κ3) is 3.08. The minimum absolute atomic E-state index is 0.0997. The van der Waals surface area contributed by atoms with Gasteiger partial charge in [0.25, 0.3) is 0 Å². The SMILES string of the molecule is CC(=O)N1CCCC(n2cc(-c3nc(Cl)ncc3Cl)cn2)C1. The molecule has 0 spiro atoms. The van der Waals surface area contributed by atoms with E-state index in [1.807, 2.05) is 15.8 Å². The third-order valence-corrected chi connectivity index (χ3v) is 4.26. The first kappa shape index (κ1) is 15.2. The van der Waals surface area contributed by atoms with Gasteiger partial charge in [0.1, 0.15) is 0 Å². The summed E-state index contributed by atoms with van der Waals surface area (Å²) < 4.78 is 1.87. The van der Waals surface area contributed by atoms with Crippen molar-refractivity contribution >= 4 is 29.1 Å². The standard InChI is InChI=1S/C14H15Cl2N5O/c1-9(22)20-4-2-3-11(8-20)21-7-10(5-18-21)13-12(15)6-17-14(16)19-13/h5-7,11H,2-4,8H2,1H3. The first-order valence-corrected chi connectivity index (χ1v) is 7.78. The van der Waals surface area contributed by atoms with E-state index in [0.29, 0.717) is 17.3 Å². The maximum absolute atomic E-state index is 11.5. The highest BCUT2D eigenvalue weighted by atomic mass is 35.5. The van der Waals surface area contributed by atoms with E-state index >= 15 is 0 Å². The predicted molar refractivity (Wildman–Crippen MR) is 83.8 cm³/mol. The molecule has 0 saturated carbocycles. The van der Waals surface area contributed by atoms with Gasteiger partial charge in [-0.1, -0.05) is 11.6 Å². The molecule has 1 aliphatic heterocycles. The van der Waals surface area contributed by atoms with Crippen LogP contribution in [-0.2, 0) is 4.79 Å². The van der Waals surface area contributed by atoms with Gasteiger partial charge in [-0.25, -0.2) is 9.97 Å². The van der Waals surface area contributed by atoms with E-state index in [4.69, 9.17) is 23.2 Å². The zero-order valence-electron chi connectivity index (χ0n) is 12.0. The van der Waals surface area contributed by atoms with Gasteiger partial charge in [-0.15, -0.1) is 0 Å². The smallest absolute Gasteiger partial charge is 0.222 e. The molecule has 22 heavy (non-hydrogen) atoms. The van der Waals surface area contributed by atoms with Crippen LogP contribution in [0.15, 0.2) is 18.6 Å². The molecule has 1 atom stereocenters. The molecular formula is C14H15Cl2N5O. The maximum Gasteiger partial charge on any atom is 0.222 e. The molecule has 1 aliphatic rings. The van der Waals surface area contributed by atoms with Crippen LogP contribution in [-0.4, -0.2) is 43.6 Å². The second-order valence-electron chi connectivity index (χ2n) is 5.31. The number of aromatic nitrogens is 4. The lowest BCUT2D eigenvalue weighted by Gasteiger charge is -2.32. The molecule has 2 aromatic rings. The van der Waals surface area contributed by atoms with E-state index in [1.54, 1.807) is 13.1 Å².